The number of rotatable bonds is 5. The molecule has 0 aliphatic carbocycles. The normalized spacial score (nSPS) is 9.94. The molecule has 0 bridgehead atoms. The second-order valence-corrected chi connectivity index (χ2v) is 3.67. The third-order valence-corrected chi connectivity index (χ3v) is 2.33. The van der Waals surface area contributed by atoms with E-state index in [9.17, 15) is 0 Å². The Morgan fingerprint density at radius 3 is 2.81 bits per heavy atom. The van der Waals surface area contributed by atoms with Crippen molar-refractivity contribution in [2.75, 3.05) is 6.61 Å². The van der Waals surface area contributed by atoms with E-state index >= 15 is 0 Å². The zero-order valence-electron chi connectivity index (χ0n) is 9.71. The van der Waals surface area contributed by atoms with Crippen molar-refractivity contribution < 1.29 is 9.94 Å². The minimum absolute atomic E-state index is 0.0109. The molecular weight excluding hydrogens is 204 g/mol. The summed E-state index contributed by atoms with van der Waals surface area (Å²) < 4.78 is 5.59. The molecule has 3 N–H and O–H groups in total. The minimum atomic E-state index is -0.0109. The zero-order valence-corrected chi connectivity index (χ0v) is 9.71. The summed E-state index contributed by atoms with van der Waals surface area (Å²) in [5.74, 6) is 0.825. The first-order valence-corrected chi connectivity index (χ1v) is 5.41. The number of hydroxylamine groups is 1. The number of ether oxygens (including phenoxy) is 1. The lowest BCUT2D eigenvalue weighted by atomic mass is 10.1. The number of nitrogens with one attached hydrogen (secondary N) is 2. The van der Waals surface area contributed by atoms with Crippen molar-refractivity contribution in [2.45, 2.75) is 26.7 Å². The quantitative estimate of drug-likeness (QED) is 0.310. The van der Waals surface area contributed by atoms with E-state index < -0.39 is 0 Å². The Balaban J connectivity index is 2.71. The lowest BCUT2D eigenvalue weighted by molar-refractivity contribution is 0.234. The van der Waals surface area contributed by atoms with Crippen molar-refractivity contribution in [3.63, 3.8) is 0 Å². The van der Waals surface area contributed by atoms with Crippen LogP contribution in [0.25, 0.3) is 0 Å². The predicted molar refractivity (Wildman–Crippen MR) is 63.3 cm³/mol. The number of aryl methyl sites for hydroxylation is 1. The van der Waals surface area contributed by atoms with E-state index in [0.717, 1.165) is 24.2 Å². The summed E-state index contributed by atoms with van der Waals surface area (Å²) in [7, 11) is 0. The maximum absolute atomic E-state index is 8.62. The summed E-state index contributed by atoms with van der Waals surface area (Å²) in [4.78, 5) is 0. The summed E-state index contributed by atoms with van der Waals surface area (Å²) in [6.07, 6.45) is 2.14. The standard InChI is InChI=1S/C12H18N2O2/c1-3-4-7-16-11-6-5-10(8-9(11)2)12(13)14-15/h5-6,8,15H,3-4,7H2,1-2H3,(H2,13,14). The summed E-state index contributed by atoms with van der Waals surface area (Å²) in [5.41, 5.74) is 3.43. The fourth-order valence-electron chi connectivity index (χ4n) is 1.36. The average Bonchev–Trinajstić information content (AvgIpc) is 2.30. The molecule has 1 aromatic carbocycles. The average molecular weight is 222 g/mol. The minimum Gasteiger partial charge on any atom is -0.493 e. The second kappa shape index (κ2) is 6.12. The largest absolute Gasteiger partial charge is 0.493 e. The first kappa shape index (κ1) is 12.5. The van der Waals surface area contributed by atoms with Crippen LogP contribution in [-0.4, -0.2) is 17.6 Å². The SMILES string of the molecule is CCCCOc1ccc(C(=N)NO)cc1C. The highest BCUT2D eigenvalue weighted by molar-refractivity contribution is 5.95. The van der Waals surface area contributed by atoms with Gasteiger partial charge in [0.05, 0.1) is 6.61 Å². The third-order valence-electron chi connectivity index (χ3n) is 2.33. The molecular formula is C12H18N2O2. The summed E-state index contributed by atoms with van der Waals surface area (Å²) in [6, 6.07) is 5.39. The van der Waals surface area contributed by atoms with Crippen molar-refractivity contribution in [3.8, 4) is 5.75 Å². The maximum Gasteiger partial charge on any atom is 0.149 e. The van der Waals surface area contributed by atoms with Crippen LogP contribution in [-0.2, 0) is 0 Å². The molecule has 0 atom stereocenters. The van der Waals surface area contributed by atoms with Gasteiger partial charge in [0.1, 0.15) is 11.6 Å². The highest BCUT2D eigenvalue weighted by Crippen LogP contribution is 2.19. The first-order chi connectivity index (χ1) is 7.69. The second-order valence-electron chi connectivity index (χ2n) is 3.67. The maximum atomic E-state index is 8.62. The van der Waals surface area contributed by atoms with Gasteiger partial charge in [0.15, 0.2) is 0 Å². The smallest absolute Gasteiger partial charge is 0.149 e. The number of hydrogen-bond donors (Lipinski definition) is 3. The van der Waals surface area contributed by atoms with Crippen LogP contribution in [0.4, 0.5) is 0 Å². The summed E-state index contributed by atoms with van der Waals surface area (Å²) in [5, 5.41) is 16.0. The van der Waals surface area contributed by atoms with Crippen LogP contribution in [0.15, 0.2) is 18.2 Å². The fourth-order valence-corrected chi connectivity index (χ4v) is 1.36. The van der Waals surface area contributed by atoms with E-state index in [1.54, 1.807) is 6.07 Å². The molecule has 0 amide bonds. The van der Waals surface area contributed by atoms with Crippen LogP contribution in [0.2, 0.25) is 0 Å². The lowest BCUT2D eigenvalue weighted by Crippen LogP contribution is -2.18. The number of amidine groups is 1. The number of hydrogen-bond acceptors (Lipinski definition) is 3. The Kier molecular flexibility index (Phi) is 4.79. The molecule has 1 aromatic rings. The molecule has 16 heavy (non-hydrogen) atoms. The van der Waals surface area contributed by atoms with Gasteiger partial charge in [-0.25, -0.2) is 0 Å². The molecule has 0 unspecified atom stereocenters. The molecule has 0 fully saturated rings. The monoisotopic (exact) mass is 222 g/mol. The molecule has 0 aliphatic heterocycles. The van der Waals surface area contributed by atoms with E-state index in [-0.39, 0.29) is 5.84 Å². The molecule has 0 saturated heterocycles. The highest BCUT2D eigenvalue weighted by Gasteiger charge is 2.04. The number of benzene rings is 1. The molecule has 88 valence electrons. The Labute approximate surface area is 95.7 Å². The lowest BCUT2D eigenvalue weighted by Gasteiger charge is -2.10. The van der Waals surface area contributed by atoms with Gasteiger partial charge in [0.2, 0.25) is 0 Å². The molecule has 0 aromatic heterocycles. The van der Waals surface area contributed by atoms with Gasteiger partial charge >= 0.3 is 0 Å². The van der Waals surface area contributed by atoms with Crippen LogP contribution >= 0.6 is 0 Å². The zero-order chi connectivity index (χ0) is 12.0. The highest BCUT2D eigenvalue weighted by atomic mass is 16.5. The van der Waals surface area contributed by atoms with Crippen molar-refractivity contribution in [2.24, 2.45) is 0 Å². The topological polar surface area (TPSA) is 65.3 Å². The predicted octanol–water partition coefficient (Wildman–Crippen LogP) is 2.48. The third kappa shape index (κ3) is 3.24. The molecule has 1 rings (SSSR count). The Morgan fingerprint density at radius 1 is 1.50 bits per heavy atom. The van der Waals surface area contributed by atoms with Crippen LogP contribution < -0.4 is 10.2 Å². The van der Waals surface area contributed by atoms with Gasteiger partial charge < -0.3 is 4.74 Å². The molecule has 0 radical (unpaired) electrons. The number of unbranched alkanes of at least 4 members (excludes halogenated alkanes) is 1. The van der Waals surface area contributed by atoms with Gasteiger partial charge in [-0.3, -0.25) is 16.1 Å². The summed E-state index contributed by atoms with van der Waals surface area (Å²) >= 11 is 0. The Hall–Kier alpha value is -1.55. The molecule has 0 saturated carbocycles. The van der Waals surface area contributed by atoms with Gasteiger partial charge in [-0.1, -0.05) is 13.3 Å². The van der Waals surface area contributed by atoms with Crippen molar-refractivity contribution in [1.29, 1.82) is 5.41 Å². The van der Waals surface area contributed by atoms with Gasteiger partial charge in [0, 0.05) is 5.56 Å². The van der Waals surface area contributed by atoms with Crippen LogP contribution in [0, 0.1) is 12.3 Å². The molecule has 4 heteroatoms. The molecule has 0 spiro atoms. The van der Waals surface area contributed by atoms with Crippen LogP contribution in [0.3, 0.4) is 0 Å². The first-order valence-electron chi connectivity index (χ1n) is 5.41. The van der Waals surface area contributed by atoms with E-state index in [2.05, 4.69) is 6.92 Å². The van der Waals surface area contributed by atoms with Crippen LogP contribution in [0.1, 0.15) is 30.9 Å². The van der Waals surface area contributed by atoms with Crippen molar-refractivity contribution in [3.05, 3.63) is 29.3 Å². The summed E-state index contributed by atoms with van der Waals surface area (Å²) in [6.45, 7) is 4.76. The fraction of sp³-hybridized carbons (Fsp3) is 0.417. The van der Waals surface area contributed by atoms with E-state index in [1.165, 1.54) is 0 Å². The van der Waals surface area contributed by atoms with Gasteiger partial charge in [-0.15, -0.1) is 0 Å². The van der Waals surface area contributed by atoms with Crippen molar-refractivity contribution >= 4 is 5.84 Å². The Morgan fingerprint density at radius 2 is 2.25 bits per heavy atom. The van der Waals surface area contributed by atoms with Gasteiger partial charge in [-0.05, 0) is 37.1 Å². The molecule has 0 heterocycles. The van der Waals surface area contributed by atoms with E-state index in [4.69, 9.17) is 15.4 Å². The van der Waals surface area contributed by atoms with E-state index in [1.807, 2.05) is 24.5 Å². The van der Waals surface area contributed by atoms with Gasteiger partial charge in [0.25, 0.3) is 0 Å². The van der Waals surface area contributed by atoms with Crippen LogP contribution in [0.5, 0.6) is 5.75 Å². The van der Waals surface area contributed by atoms with Gasteiger partial charge in [-0.2, -0.15) is 0 Å². The van der Waals surface area contributed by atoms with Crippen molar-refractivity contribution in [1.82, 2.24) is 5.48 Å². The molecule has 0 aliphatic rings. The Bertz CT molecular complexity index is 364. The molecule has 4 nitrogen and oxygen atoms in total. The van der Waals surface area contributed by atoms with E-state index in [0.29, 0.717) is 12.2 Å².